The van der Waals surface area contributed by atoms with Crippen molar-refractivity contribution >= 4 is 29.1 Å². The topological polar surface area (TPSA) is 135 Å². The van der Waals surface area contributed by atoms with E-state index in [4.69, 9.17) is 14.2 Å². The van der Waals surface area contributed by atoms with E-state index in [1.54, 1.807) is 36.3 Å². The lowest BCUT2D eigenvalue weighted by Gasteiger charge is -2.28. The predicted octanol–water partition coefficient (Wildman–Crippen LogP) is 5.83. The number of hydrogen-bond acceptors (Lipinski definition) is 10. The van der Waals surface area contributed by atoms with Crippen LogP contribution in [-0.2, 0) is 20.9 Å². The van der Waals surface area contributed by atoms with Gasteiger partial charge >= 0.3 is 6.16 Å². The first-order valence-electron chi connectivity index (χ1n) is 13.9. The van der Waals surface area contributed by atoms with Gasteiger partial charge in [-0.2, -0.15) is 14.6 Å². The van der Waals surface area contributed by atoms with Gasteiger partial charge in [0.25, 0.3) is 5.91 Å². The van der Waals surface area contributed by atoms with Gasteiger partial charge in [0.2, 0.25) is 5.95 Å². The third kappa shape index (κ3) is 7.40. The zero-order valence-electron chi connectivity index (χ0n) is 23.8. The highest BCUT2D eigenvalue weighted by molar-refractivity contribution is 7.13. The molecule has 4 heterocycles. The Balaban J connectivity index is 1.32. The van der Waals surface area contributed by atoms with Crippen LogP contribution >= 0.6 is 11.3 Å². The summed E-state index contributed by atoms with van der Waals surface area (Å²) in [6.07, 6.45) is 7.07. The van der Waals surface area contributed by atoms with E-state index in [0.717, 1.165) is 37.8 Å². The first kappa shape index (κ1) is 30.2. The second kappa shape index (κ2) is 13.4. The van der Waals surface area contributed by atoms with Crippen molar-refractivity contribution in [1.82, 2.24) is 29.5 Å². The van der Waals surface area contributed by atoms with Crippen molar-refractivity contribution < 1.29 is 32.6 Å². The highest BCUT2D eigenvalue weighted by Gasteiger charge is 2.27. The molecule has 1 aliphatic carbocycles. The van der Waals surface area contributed by atoms with Crippen LogP contribution < -0.4 is 5.32 Å². The fourth-order valence-electron chi connectivity index (χ4n) is 4.73. The van der Waals surface area contributed by atoms with Gasteiger partial charge in [0.05, 0.1) is 30.1 Å². The first-order chi connectivity index (χ1) is 20.7. The van der Waals surface area contributed by atoms with Gasteiger partial charge in [-0.3, -0.25) is 9.48 Å². The Morgan fingerprint density at radius 3 is 2.65 bits per heavy atom. The predicted molar refractivity (Wildman–Crippen MR) is 152 cm³/mol. The summed E-state index contributed by atoms with van der Waals surface area (Å²) in [6, 6.07) is 1.89. The zero-order valence-corrected chi connectivity index (χ0v) is 24.6. The molecule has 1 N–H and O–H groups in total. The molecule has 43 heavy (non-hydrogen) atoms. The summed E-state index contributed by atoms with van der Waals surface area (Å²) in [5, 5.41) is 13.5. The molecule has 1 amide bonds. The maximum atomic E-state index is 14.8. The van der Waals surface area contributed by atoms with E-state index in [9.17, 15) is 18.4 Å². The largest absolute Gasteiger partial charge is 0.510 e. The number of nitrogens with one attached hydrogen (secondary N) is 1. The fourth-order valence-corrected chi connectivity index (χ4v) is 5.50. The Morgan fingerprint density at radius 1 is 1.12 bits per heavy atom. The second-order valence-corrected chi connectivity index (χ2v) is 11.0. The van der Waals surface area contributed by atoms with Crippen LogP contribution in [0.3, 0.4) is 0 Å². The minimum atomic E-state index is -0.868. The number of pyridine rings is 1. The molecule has 1 aliphatic rings. The third-order valence-electron chi connectivity index (χ3n) is 6.70. The molecule has 0 saturated heterocycles. The molecule has 12 nitrogen and oxygen atoms in total. The molecule has 4 aromatic rings. The van der Waals surface area contributed by atoms with Crippen LogP contribution in [0, 0.1) is 11.8 Å². The maximum absolute atomic E-state index is 14.8. The SMILES string of the molecule is CCO[C@H]1CC[C@H](n2cc(NC(=O)c3csc(-c4cnn(COC(=O)OC(C)C)c4)n3)c(-c3nc(F)ccc3F)n2)CC1. The monoisotopic (exact) mass is 615 g/mol. The Morgan fingerprint density at radius 2 is 1.91 bits per heavy atom. The Labute approximate surface area is 250 Å². The van der Waals surface area contributed by atoms with Crippen molar-refractivity contribution in [1.29, 1.82) is 0 Å². The van der Waals surface area contributed by atoms with E-state index < -0.39 is 23.8 Å². The number of anilines is 1. The van der Waals surface area contributed by atoms with Gasteiger partial charge in [-0.05, 0) is 58.6 Å². The lowest BCUT2D eigenvalue weighted by atomic mass is 9.93. The maximum Gasteiger partial charge on any atom is 0.510 e. The minimum Gasteiger partial charge on any atom is -0.432 e. The number of carbonyl (C=O) groups excluding carboxylic acids is 2. The molecule has 1 fully saturated rings. The van der Waals surface area contributed by atoms with Gasteiger partial charge < -0.3 is 19.5 Å². The number of ether oxygens (including phenoxy) is 3. The highest BCUT2D eigenvalue weighted by atomic mass is 32.1. The molecule has 1 saturated carbocycles. The Kier molecular flexibility index (Phi) is 9.40. The molecule has 0 spiro atoms. The summed E-state index contributed by atoms with van der Waals surface area (Å²) in [5.74, 6) is -2.20. The van der Waals surface area contributed by atoms with Crippen molar-refractivity contribution in [2.75, 3.05) is 11.9 Å². The van der Waals surface area contributed by atoms with Gasteiger partial charge in [-0.15, -0.1) is 11.3 Å². The quantitative estimate of drug-likeness (QED) is 0.173. The molecule has 15 heteroatoms. The second-order valence-electron chi connectivity index (χ2n) is 10.2. The van der Waals surface area contributed by atoms with Crippen LogP contribution in [0.25, 0.3) is 22.0 Å². The molecule has 0 aliphatic heterocycles. The summed E-state index contributed by atoms with van der Waals surface area (Å²) >= 11 is 1.21. The average molecular weight is 616 g/mol. The van der Waals surface area contributed by atoms with Gasteiger partial charge in [-0.1, -0.05) is 0 Å². The van der Waals surface area contributed by atoms with Crippen molar-refractivity contribution in [3.8, 4) is 22.0 Å². The summed E-state index contributed by atoms with van der Waals surface area (Å²) in [5.41, 5.74) is 0.606. The Hall–Kier alpha value is -4.24. The molecular formula is C28H31F2N7O5S. The van der Waals surface area contributed by atoms with E-state index in [2.05, 4.69) is 25.5 Å². The van der Waals surface area contributed by atoms with E-state index in [-0.39, 0.29) is 47.7 Å². The van der Waals surface area contributed by atoms with Gasteiger partial charge in [-0.25, -0.2) is 23.8 Å². The van der Waals surface area contributed by atoms with Crippen LogP contribution in [0.2, 0.25) is 0 Å². The molecule has 228 valence electrons. The molecule has 0 aromatic carbocycles. The molecule has 0 bridgehead atoms. The van der Waals surface area contributed by atoms with E-state index in [1.165, 1.54) is 22.2 Å². The number of thiazole rings is 1. The molecule has 0 radical (unpaired) electrons. The number of amides is 1. The molecule has 4 aromatic heterocycles. The van der Waals surface area contributed by atoms with Crippen LogP contribution in [0.4, 0.5) is 19.3 Å². The summed E-state index contributed by atoms with van der Waals surface area (Å²) < 4.78 is 47.5. The number of nitrogens with zero attached hydrogens (tertiary/aromatic N) is 6. The summed E-state index contributed by atoms with van der Waals surface area (Å²) in [6.45, 7) is 5.87. The normalized spacial score (nSPS) is 16.8. The molecule has 0 atom stereocenters. The number of aromatic nitrogens is 6. The number of carbonyl (C=O) groups is 2. The lowest BCUT2D eigenvalue weighted by molar-refractivity contribution is 0.0132. The van der Waals surface area contributed by atoms with Gasteiger partial charge in [0.1, 0.15) is 22.1 Å². The molecular weight excluding hydrogens is 584 g/mol. The van der Waals surface area contributed by atoms with Crippen LogP contribution in [0.1, 0.15) is 63.0 Å². The van der Waals surface area contributed by atoms with Crippen LogP contribution in [0.15, 0.2) is 36.1 Å². The number of hydrogen-bond donors (Lipinski definition) is 1. The van der Waals surface area contributed by atoms with Crippen molar-refractivity contribution in [3.05, 3.63) is 53.6 Å². The first-order valence-corrected chi connectivity index (χ1v) is 14.7. The Bertz CT molecular complexity index is 1580. The van der Waals surface area contributed by atoms with Crippen LogP contribution in [0.5, 0.6) is 0 Å². The third-order valence-corrected chi connectivity index (χ3v) is 7.59. The smallest absolute Gasteiger partial charge is 0.432 e. The lowest BCUT2D eigenvalue weighted by Crippen LogP contribution is -2.24. The van der Waals surface area contributed by atoms with Crippen molar-refractivity contribution in [2.24, 2.45) is 0 Å². The standard InChI is InChI=1S/C28H31F2N7O5S/c1-4-40-19-7-5-18(6-8-19)37-13-21(25(35-37)24-20(29)9-10-23(30)34-24)32-26(38)22-14-43-27(33-22)17-11-31-36(12-17)15-41-28(39)42-16(2)3/h9-14,16,18-19H,4-8,15H2,1-3H3,(H,32,38)/t18-,19-. The van der Waals surface area contributed by atoms with E-state index >= 15 is 0 Å². The van der Waals surface area contributed by atoms with Crippen molar-refractivity contribution in [3.63, 3.8) is 0 Å². The van der Waals surface area contributed by atoms with E-state index in [1.807, 2.05) is 6.92 Å². The fraction of sp³-hybridized carbons (Fsp3) is 0.429. The van der Waals surface area contributed by atoms with Gasteiger partial charge in [0, 0.05) is 29.9 Å². The number of rotatable bonds is 10. The minimum absolute atomic E-state index is 0.00338. The highest BCUT2D eigenvalue weighted by Crippen LogP contribution is 2.34. The summed E-state index contributed by atoms with van der Waals surface area (Å²) in [7, 11) is 0. The number of halogens is 2. The summed E-state index contributed by atoms with van der Waals surface area (Å²) in [4.78, 5) is 33.0. The molecule has 5 rings (SSSR count). The average Bonchev–Trinajstić information content (AvgIpc) is 3.74. The van der Waals surface area contributed by atoms with Crippen molar-refractivity contribution in [2.45, 2.75) is 71.4 Å². The zero-order chi connectivity index (χ0) is 30.5. The van der Waals surface area contributed by atoms with Gasteiger partial charge in [0.15, 0.2) is 12.5 Å². The molecule has 0 unspecified atom stereocenters. The van der Waals surface area contributed by atoms with E-state index in [0.29, 0.717) is 17.2 Å². The van der Waals surface area contributed by atoms with Crippen LogP contribution in [-0.4, -0.2) is 60.4 Å².